The van der Waals surface area contributed by atoms with Crippen molar-refractivity contribution in [3.05, 3.63) is 23.8 Å². The van der Waals surface area contributed by atoms with E-state index >= 15 is 0 Å². The Morgan fingerprint density at radius 3 is 2.55 bits per heavy atom. The van der Waals surface area contributed by atoms with E-state index in [0.29, 0.717) is 12.2 Å². The third kappa shape index (κ3) is 2.96. The molecule has 0 unspecified atom stereocenters. The van der Waals surface area contributed by atoms with Crippen LogP contribution in [-0.2, 0) is 23.6 Å². The van der Waals surface area contributed by atoms with Crippen LogP contribution in [0.1, 0.15) is 23.1 Å². The first kappa shape index (κ1) is 16.0. The van der Waals surface area contributed by atoms with Gasteiger partial charge in [-0.1, -0.05) is 0 Å². The molecule has 0 aromatic carbocycles. The number of carbonyl (C=O) groups excluding carboxylic acids is 1. The molecule has 0 aliphatic rings. The van der Waals surface area contributed by atoms with Crippen molar-refractivity contribution in [2.75, 3.05) is 11.8 Å². The minimum atomic E-state index is -3.85. The van der Waals surface area contributed by atoms with Crippen LogP contribution < -0.4 is 10.0 Å². The molecule has 2 rings (SSSR count). The zero-order valence-corrected chi connectivity index (χ0v) is 13.6. The number of anilines is 1. The molecule has 10 heteroatoms. The maximum absolute atomic E-state index is 12.5. The van der Waals surface area contributed by atoms with Crippen molar-refractivity contribution >= 4 is 21.6 Å². The Kier molecular flexibility index (Phi) is 4.22. The van der Waals surface area contributed by atoms with Gasteiger partial charge in [0.1, 0.15) is 4.90 Å². The van der Waals surface area contributed by atoms with Crippen molar-refractivity contribution in [1.29, 1.82) is 0 Å². The fourth-order valence-corrected chi connectivity index (χ4v) is 3.21. The lowest BCUT2D eigenvalue weighted by Crippen LogP contribution is -2.21. The molecule has 0 saturated heterocycles. The fourth-order valence-electron chi connectivity index (χ4n) is 1.97. The van der Waals surface area contributed by atoms with E-state index in [1.165, 1.54) is 28.8 Å². The molecule has 0 aliphatic carbocycles. The van der Waals surface area contributed by atoms with Gasteiger partial charge in [0.25, 0.3) is 15.9 Å². The molecule has 0 bridgehead atoms. The van der Waals surface area contributed by atoms with Crippen molar-refractivity contribution < 1.29 is 13.2 Å². The highest BCUT2D eigenvalue weighted by atomic mass is 32.2. The summed E-state index contributed by atoms with van der Waals surface area (Å²) in [6.07, 6.45) is 2.88. The molecule has 0 spiro atoms. The molecule has 0 radical (unpaired) electrons. The van der Waals surface area contributed by atoms with Gasteiger partial charge in [-0.2, -0.15) is 10.2 Å². The van der Waals surface area contributed by atoms with E-state index in [-0.39, 0.29) is 16.3 Å². The van der Waals surface area contributed by atoms with Crippen LogP contribution in [0.25, 0.3) is 0 Å². The summed E-state index contributed by atoms with van der Waals surface area (Å²) in [5.74, 6) is -0.473. The van der Waals surface area contributed by atoms with Crippen LogP contribution in [0.3, 0.4) is 0 Å². The van der Waals surface area contributed by atoms with Gasteiger partial charge in [-0.25, -0.2) is 8.42 Å². The maximum Gasteiger partial charge on any atom is 0.273 e. The molecule has 2 aromatic heterocycles. The predicted octanol–water partition coefficient (Wildman–Crippen LogP) is 0.105. The Labute approximate surface area is 128 Å². The molecular formula is C12H18N6O3S. The molecule has 1 amide bonds. The van der Waals surface area contributed by atoms with Crippen molar-refractivity contribution in [2.45, 2.75) is 25.3 Å². The summed E-state index contributed by atoms with van der Waals surface area (Å²) < 4.78 is 30.3. The number of rotatable bonds is 5. The van der Waals surface area contributed by atoms with Gasteiger partial charge in [-0.3, -0.25) is 18.9 Å². The molecule has 0 aliphatic heterocycles. The zero-order chi connectivity index (χ0) is 16.5. The van der Waals surface area contributed by atoms with Gasteiger partial charge < -0.3 is 5.32 Å². The fraction of sp³-hybridized carbons (Fsp3) is 0.417. The maximum atomic E-state index is 12.5. The number of sulfonamides is 1. The predicted molar refractivity (Wildman–Crippen MR) is 80.0 cm³/mol. The highest BCUT2D eigenvalue weighted by Crippen LogP contribution is 2.21. The number of nitrogens with zero attached hydrogens (tertiary/aromatic N) is 4. The summed E-state index contributed by atoms with van der Waals surface area (Å²) in [7, 11) is -0.800. The van der Waals surface area contributed by atoms with Gasteiger partial charge in [-0.15, -0.1) is 0 Å². The average Bonchev–Trinajstić information content (AvgIpc) is 3.00. The van der Waals surface area contributed by atoms with Crippen LogP contribution >= 0.6 is 0 Å². The van der Waals surface area contributed by atoms with E-state index in [1.807, 2.05) is 6.92 Å². The van der Waals surface area contributed by atoms with E-state index in [2.05, 4.69) is 20.2 Å². The van der Waals surface area contributed by atoms with Crippen LogP contribution in [0.5, 0.6) is 0 Å². The van der Waals surface area contributed by atoms with Crippen molar-refractivity contribution in [3.8, 4) is 0 Å². The first-order chi connectivity index (χ1) is 10.3. The third-order valence-corrected chi connectivity index (χ3v) is 4.50. The second-order valence-electron chi connectivity index (χ2n) is 4.68. The Morgan fingerprint density at radius 1 is 1.32 bits per heavy atom. The van der Waals surface area contributed by atoms with E-state index in [0.717, 1.165) is 0 Å². The van der Waals surface area contributed by atoms with Crippen LogP contribution in [-0.4, -0.2) is 40.9 Å². The summed E-state index contributed by atoms with van der Waals surface area (Å²) in [5.41, 5.74) is 0.513. The van der Waals surface area contributed by atoms with Gasteiger partial charge in [0, 0.05) is 33.0 Å². The molecular weight excluding hydrogens is 308 g/mol. The number of nitrogens with one attached hydrogen (secondary N) is 2. The first-order valence-electron chi connectivity index (χ1n) is 6.61. The standard InChI is InChI=1S/C12H18N6O3S/c1-5-18-7-10(8(2)14-18)22(20,21)16-9-6-17(4)15-11(9)12(19)13-3/h6-7,16H,5H2,1-4H3,(H,13,19). The lowest BCUT2D eigenvalue weighted by atomic mass is 10.3. The number of hydrogen-bond donors (Lipinski definition) is 2. The van der Waals surface area contributed by atoms with Gasteiger partial charge in [0.15, 0.2) is 5.69 Å². The monoisotopic (exact) mass is 326 g/mol. The third-order valence-electron chi connectivity index (χ3n) is 3.03. The summed E-state index contributed by atoms with van der Waals surface area (Å²) in [6.45, 7) is 4.04. The molecule has 2 heterocycles. The lowest BCUT2D eigenvalue weighted by molar-refractivity contribution is 0.0958. The first-order valence-corrected chi connectivity index (χ1v) is 8.09. The molecule has 9 nitrogen and oxygen atoms in total. The smallest absolute Gasteiger partial charge is 0.273 e. The van der Waals surface area contributed by atoms with E-state index in [9.17, 15) is 13.2 Å². The summed E-state index contributed by atoms with van der Waals surface area (Å²) in [6, 6.07) is 0. The second kappa shape index (κ2) is 5.79. The Bertz CT molecular complexity index is 805. The SMILES string of the molecule is CCn1cc(S(=O)(=O)Nc2cn(C)nc2C(=O)NC)c(C)n1. The lowest BCUT2D eigenvalue weighted by Gasteiger charge is -2.06. The quantitative estimate of drug-likeness (QED) is 0.810. The Balaban J connectivity index is 2.41. The van der Waals surface area contributed by atoms with E-state index in [1.54, 1.807) is 14.0 Å². The minimum Gasteiger partial charge on any atom is -0.354 e. The molecule has 120 valence electrons. The highest BCUT2D eigenvalue weighted by molar-refractivity contribution is 7.92. The molecule has 22 heavy (non-hydrogen) atoms. The average molecular weight is 326 g/mol. The van der Waals surface area contributed by atoms with Crippen LogP contribution in [0, 0.1) is 6.92 Å². The van der Waals surface area contributed by atoms with Gasteiger partial charge in [0.2, 0.25) is 0 Å². The largest absolute Gasteiger partial charge is 0.354 e. The normalized spacial score (nSPS) is 11.5. The summed E-state index contributed by atoms with van der Waals surface area (Å²) in [5, 5.41) is 10.5. The van der Waals surface area contributed by atoms with Gasteiger partial charge in [-0.05, 0) is 13.8 Å². The minimum absolute atomic E-state index is 0.00844. The number of amides is 1. The molecule has 0 fully saturated rings. The van der Waals surface area contributed by atoms with Crippen molar-refractivity contribution in [1.82, 2.24) is 24.9 Å². The van der Waals surface area contributed by atoms with Crippen LogP contribution in [0.4, 0.5) is 5.69 Å². The number of aryl methyl sites for hydroxylation is 3. The number of carbonyl (C=O) groups is 1. The van der Waals surface area contributed by atoms with Crippen molar-refractivity contribution in [3.63, 3.8) is 0 Å². The molecule has 2 N–H and O–H groups in total. The summed E-state index contributed by atoms with van der Waals surface area (Å²) >= 11 is 0. The van der Waals surface area contributed by atoms with Gasteiger partial charge in [0.05, 0.1) is 11.4 Å². The Morgan fingerprint density at radius 2 is 2.00 bits per heavy atom. The van der Waals surface area contributed by atoms with Crippen LogP contribution in [0.15, 0.2) is 17.3 Å². The summed E-state index contributed by atoms with van der Waals surface area (Å²) in [4.78, 5) is 11.8. The number of aromatic nitrogens is 4. The molecule has 2 aromatic rings. The van der Waals surface area contributed by atoms with Crippen LogP contribution in [0.2, 0.25) is 0 Å². The Hall–Kier alpha value is -2.36. The second-order valence-corrected chi connectivity index (χ2v) is 6.33. The topological polar surface area (TPSA) is 111 Å². The highest BCUT2D eigenvalue weighted by Gasteiger charge is 2.24. The van der Waals surface area contributed by atoms with Gasteiger partial charge >= 0.3 is 0 Å². The molecule has 0 saturated carbocycles. The van der Waals surface area contributed by atoms with E-state index in [4.69, 9.17) is 0 Å². The molecule has 0 atom stereocenters. The van der Waals surface area contributed by atoms with E-state index < -0.39 is 15.9 Å². The van der Waals surface area contributed by atoms with Crippen molar-refractivity contribution in [2.24, 2.45) is 7.05 Å². The zero-order valence-electron chi connectivity index (χ0n) is 12.8. The number of hydrogen-bond acceptors (Lipinski definition) is 5.